The first-order valence-electron chi connectivity index (χ1n) is 5.74. The molecule has 1 rings (SSSR count). The molecule has 0 aliphatic carbocycles. The van der Waals surface area contributed by atoms with Gasteiger partial charge in [0, 0.05) is 12.6 Å². The van der Waals surface area contributed by atoms with E-state index in [9.17, 15) is 4.79 Å². The predicted octanol–water partition coefficient (Wildman–Crippen LogP) is 0.622. The highest BCUT2D eigenvalue weighted by molar-refractivity contribution is 5.80. The SMILES string of the molecule is CCOC(C)C(=O)NC1CCN(C)CC1. The summed E-state index contributed by atoms with van der Waals surface area (Å²) in [7, 11) is 2.11. The maximum absolute atomic E-state index is 11.6. The topological polar surface area (TPSA) is 41.6 Å². The van der Waals surface area contributed by atoms with Gasteiger partial charge in [0.2, 0.25) is 5.91 Å². The molecule has 1 heterocycles. The summed E-state index contributed by atoms with van der Waals surface area (Å²) in [6, 6.07) is 0.330. The second kappa shape index (κ2) is 6.08. The zero-order chi connectivity index (χ0) is 11.3. The van der Waals surface area contributed by atoms with Crippen LogP contribution in [0.1, 0.15) is 26.7 Å². The first-order valence-corrected chi connectivity index (χ1v) is 5.74. The van der Waals surface area contributed by atoms with Crippen LogP contribution in [0.15, 0.2) is 0 Å². The molecule has 1 amide bonds. The van der Waals surface area contributed by atoms with E-state index in [0.29, 0.717) is 12.6 Å². The molecule has 1 aliphatic heterocycles. The molecular formula is C11H22N2O2. The van der Waals surface area contributed by atoms with Crippen LogP contribution in [0.4, 0.5) is 0 Å². The van der Waals surface area contributed by atoms with Gasteiger partial charge in [-0.2, -0.15) is 0 Å². The number of ether oxygens (including phenoxy) is 1. The van der Waals surface area contributed by atoms with Gasteiger partial charge in [-0.15, -0.1) is 0 Å². The number of piperidine rings is 1. The summed E-state index contributed by atoms with van der Waals surface area (Å²) in [6.07, 6.45) is 1.76. The van der Waals surface area contributed by atoms with Crippen molar-refractivity contribution in [3.63, 3.8) is 0 Å². The molecule has 88 valence electrons. The molecule has 15 heavy (non-hydrogen) atoms. The fraction of sp³-hybridized carbons (Fsp3) is 0.909. The Balaban J connectivity index is 2.25. The third kappa shape index (κ3) is 4.18. The number of hydrogen-bond acceptors (Lipinski definition) is 3. The molecule has 1 unspecified atom stereocenters. The van der Waals surface area contributed by atoms with Crippen molar-refractivity contribution in [1.29, 1.82) is 0 Å². The van der Waals surface area contributed by atoms with Gasteiger partial charge in [-0.25, -0.2) is 0 Å². The highest BCUT2D eigenvalue weighted by Crippen LogP contribution is 2.08. The average molecular weight is 214 g/mol. The first kappa shape index (κ1) is 12.5. The first-order chi connectivity index (χ1) is 7.13. The lowest BCUT2D eigenvalue weighted by atomic mass is 10.1. The average Bonchev–Trinajstić information content (AvgIpc) is 2.22. The Kier molecular flexibility index (Phi) is 5.05. The van der Waals surface area contributed by atoms with E-state index in [-0.39, 0.29) is 12.0 Å². The van der Waals surface area contributed by atoms with Crippen LogP contribution in [0.5, 0.6) is 0 Å². The van der Waals surface area contributed by atoms with Gasteiger partial charge in [-0.3, -0.25) is 4.79 Å². The van der Waals surface area contributed by atoms with E-state index in [0.717, 1.165) is 25.9 Å². The largest absolute Gasteiger partial charge is 0.369 e. The number of nitrogens with one attached hydrogen (secondary N) is 1. The van der Waals surface area contributed by atoms with Crippen molar-refractivity contribution < 1.29 is 9.53 Å². The van der Waals surface area contributed by atoms with Crippen LogP contribution < -0.4 is 5.32 Å². The lowest BCUT2D eigenvalue weighted by Crippen LogP contribution is -2.46. The van der Waals surface area contributed by atoms with Gasteiger partial charge in [0.1, 0.15) is 6.10 Å². The Labute approximate surface area is 92.0 Å². The van der Waals surface area contributed by atoms with E-state index in [1.54, 1.807) is 6.92 Å². The summed E-state index contributed by atoms with van der Waals surface area (Å²) >= 11 is 0. The highest BCUT2D eigenvalue weighted by atomic mass is 16.5. The zero-order valence-electron chi connectivity index (χ0n) is 9.95. The van der Waals surface area contributed by atoms with Crippen molar-refractivity contribution in [1.82, 2.24) is 10.2 Å². The van der Waals surface area contributed by atoms with Crippen molar-refractivity contribution in [3.05, 3.63) is 0 Å². The van der Waals surface area contributed by atoms with Crippen LogP contribution in [0, 0.1) is 0 Å². The summed E-state index contributed by atoms with van der Waals surface area (Å²) in [5, 5.41) is 3.03. The molecule has 0 spiro atoms. The third-order valence-electron chi connectivity index (χ3n) is 2.85. The summed E-state index contributed by atoms with van der Waals surface area (Å²) < 4.78 is 5.24. The molecule has 1 atom stereocenters. The van der Waals surface area contributed by atoms with Gasteiger partial charge in [-0.1, -0.05) is 0 Å². The third-order valence-corrected chi connectivity index (χ3v) is 2.85. The zero-order valence-corrected chi connectivity index (χ0v) is 9.95. The number of amides is 1. The molecule has 4 nitrogen and oxygen atoms in total. The highest BCUT2D eigenvalue weighted by Gasteiger charge is 2.21. The van der Waals surface area contributed by atoms with Crippen LogP contribution >= 0.6 is 0 Å². The molecule has 0 aromatic rings. The number of carbonyl (C=O) groups is 1. The van der Waals surface area contributed by atoms with Crippen LogP contribution in [-0.2, 0) is 9.53 Å². The van der Waals surface area contributed by atoms with E-state index in [1.807, 2.05) is 6.92 Å². The minimum Gasteiger partial charge on any atom is -0.369 e. The number of hydrogen-bond donors (Lipinski definition) is 1. The number of likely N-dealkylation sites (tertiary alicyclic amines) is 1. The van der Waals surface area contributed by atoms with Crippen molar-refractivity contribution in [3.8, 4) is 0 Å². The number of nitrogens with zero attached hydrogens (tertiary/aromatic N) is 1. The molecule has 4 heteroatoms. The summed E-state index contributed by atoms with van der Waals surface area (Å²) in [5.74, 6) is 0.0198. The van der Waals surface area contributed by atoms with Gasteiger partial charge in [0.25, 0.3) is 0 Å². The fourth-order valence-corrected chi connectivity index (χ4v) is 1.80. The standard InChI is InChI=1S/C11H22N2O2/c1-4-15-9(2)11(14)12-10-5-7-13(3)8-6-10/h9-10H,4-8H2,1-3H3,(H,12,14). The van der Waals surface area contributed by atoms with E-state index in [4.69, 9.17) is 4.74 Å². The smallest absolute Gasteiger partial charge is 0.249 e. The molecule has 0 saturated carbocycles. The van der Waals surface area contributed by atoms with E-state index in [1.165, 1.54) is 0 Å². The molecule has 0 radical (unpaired) electrons. The van der Waals surface area contributed by atoms with Crippen LogP contribution in [-0.4, -0.2) is 49.7 Å². The Hall–Kier alpha value is -0.610. The van der Waals surface area contributed by atoms with Gasteiger partial charge < -0.3 is 15.0 Å². The molecule has 0 aromatic heterocycles. The van der Waals surface area contributed by atoms with Crippen molar-refractivity contribution >= 4 is 5.91 Å². The van der Waals surface area contributed by atoms with Crippen molar-refractivity contribution in [2.45, 2.75) is 38.8 Å². The Morgan fingerprint density at radius 3 is 2.67 bits per heavy atom. The van der Waals surface area contributed by atoms with Gasteiger partial charge in [0.05, 0.1) is 0 Å². The Bertz CT molecular complexity index is 201. The van der Waals surface area contributed by atoms with Crippen LogP contribution in [0.25, 0.3) is 0 Å². The molecular weight excluding hydrogens is 192 g/mol. The van der Waals surface area contributed by atoms with Crippen molar-refractivity contribution in [2.75, 3.05) is 26.7 Å². The predicted molar refractivity (Wildman–Crippen MR) is 59.7 cm³/mol. The van der Waals surface area contributed by atoms with E-state index < -0.39 is 0 Å². The Morgan fingerprint density at radius 2 is 2.13 bits per heavy atom. The molecule has 1 N–H and O–H groups in total. The molecule has 1 saturated heterocycles. The summed E-state index contributed by atoms with van der Waals surface area (Å²) in [5.41, 5.74) is 0. The van der Waals surface area contributed by atoms with Gasteiger partial charge >= 0.3 is 0 Å². The minimum atomic E-state index is -0.324. The van der Waals surface area contributed by atoms with E-state index in [2.05, 4.69) is 17.3 Å². The molecule has 1 fully saturated rings. The summed E-state index contributed by atoms with van der Waals surface area (Å²) in [6.45, 7) is 6.41. The second-order valence-electron chi connectivity index (χ2n) is 4.18. The minimum absolute atomic E-state index is 0.0198. The van der Waals surface area contributed by atoms with Crippen molar-refractivity contribution in [2.24, 2.45) is 0 Å². The monoisotopic (exact) mass is 214 g/mol. The van der Waals surface area contributed by atoms with Gasteiger partial charge in [0.15, 0.2) is 0 Å². The lowest BCUT2D eigenvalue weighted by molar-refractivity contribution is -0.132. The molecule has 0 bridgehead atoms. The number of rotatable bonds is 4. The van der Waals surface area contributed by atoms with E-state index >= 15 is 0 Å². The lowest BCUT2D eigenvalue weighted by Gasteiger charge is -2.30. The summed E-state index contributed by atoms with van der Waals surface area (Å²) in [4.78, 5) is 13.9. The van der Waals surface area contributed by atoms with Crippen LogP contribution in [0.3, 0.4) is 0 Å². The second-order valence-corrected chi connectivity index (χ2v) is 4.18. The quantitative estimate of drug-likeness (QED) is 0.746. The number of carbonyl (C=O) groups excluding carboxylic acids is 1. The molecule has 1 aliphatic rings. The Morgan fingerprint density at radius 1 is 1.53 bits per heavy atom. The molecule has 0 aromatic carbocycles. The van der Waals surface area contributed by atoms with Gasteiger partial charge in [-0.05, 0) is 46.8 Å². The maximum Gasteiger partial charge on any atom is 0.249 e. The van der Waals surface area contributed by atoms with Crippen LogP contribution in [0.2, 0.25) is 0 Å². The fourth-order valence-electron chi connectivity index (χ4n) is 1.80. The normalized spacial score (nSPS) is 21.3. The maximum atomic E-state index is 11.6.